The second kappa shape index (κ2) is 8.54. The summed E-state index contributed by atoms with van der Waals surface area (Å²) in [7, 11) is 0. The van der Waals surface area contributed by atoms with Crippen LogP contribution in [0.2, 0.25) is 0 Å². The third kappa shape index (κ3) is 5.25. The van der Waals surface area contributed by atoms with Crippen LogP contribution in [0.25, 0.3) is 11.1 Å². The summed E-state index contributed by atoms with van der Waals surface area (Å²) in [5.41, 5.74) is 3.96. The van der Waals surface area contributed by atoms with E-state index in [0.29, 0.717) is 11.8 Å². The van der Waals surface area contributed by atoms with Gasteiger partial charge in [0.15, 0.2) is 0 Å². The lowest BCUT2D eigenvalue weighted by Gasteiger charge is -2.08. The van der Waals surface area contributed by atoms with Crippen LogP contribution in [0.4, 0.5) is 11.4 Å². The maximum atomic E-state index is 4.58. The zero-order valence-corrected chi connectivity index (χ0v) is 16.4. The van der Waals surface area contributed by atoms with Gasteiger partial charge in [-0.3, -0.25) is 9.98 Å². The van der Waals surface area contributed by atoms with E-state index in [1.807, 2.05) is 30.6 Å². The highest BCUT2D eigenvalue weighted by molar-refractivity contribution is 7.80. The first kappa shape index (κ1) is 18.8. The number of benzene rings is 2. The zero-order valence-electron chi connectivity index (χ0n) is 14.6. The Morgan fingerprint density at radius 3 is 1.83 bits per heavy atom. The molecule has 0 bridgehead atoms. The SMILES string of the molecule is CC(C)C=Nc1ccc(-c2ccc(S)c(N=CC(C)C)c2)cc1S. The number of thiol groups is 2. The van der Waals surface area contributed by atoms with Gasteiger partial charge in [0.05, 0.1) is 11.4 Å². The van der Waals surface area contributed by atoms with Gasteiger partial charge < -0.3 is 0 Å². The van der Waals surface area contributed by atoms with Crippen LogP contribution in [0.1, 0.15) is 27.7 Å². The van der Waals surface area contributed by atoms with E-state index in [1.54, 1.807) is 0 Å². The van der Waals surface area contributed by atoms with Gasteiger partial charge in [-0.15, -0.1) is 25.3 Å². The Bertz CT molecular complexity index is 762. The van der Waals surface area contributed by atoms with Crippen LogP contribution in [0.15, 0.2) is 56.2 Å². The van der Waals surface area contributed by atoms with Crippen LogP contribution in [0.3, 0.4) is 0 Å². The maximum absolute atomic E-state index is 4.58. The molecule has 0 radical (unpaired) electrons. The smallest absolute Gasteiger partial charge is 0.0765 e. The van der Waals surface area contributed by atoms with Crippen molar-refractivity contribution >= 4 is 49.1 Å². The van der Waals surface area contributed by atoms with E-state index in [1.165, 1.54) is 0 Å². The van der Waals surface area contributed by atoms with Crippen molar-refractivity contribution in [3.05, 3.63) is 36.4 Å². The average molecular weight is 357 g/mol. The van der Waals surface area contributed by atoms with Crippen LogP contribution in [0, 0.1) is 11.8 Å². The van der Waals surface area contributed by atoms with Gasteiger partial charge in [0.25, 0.3) is 0 Å². The predicted molar refractivity (Wildman–Crippen MR) is 112 cm³/mol. The minimum atomic E-state index is 0.406. The number of hydrogen-bond acceptors (Lipinski definition) is 4. The molecule has 0 saturated heterocycles. The molecule has 2 rings (SSSR count). The van der Waals surface area contributed by atoms with Crippen LogP contribution >= 0.6 is 25.3 Å². The summed E-state index contributed by atoms with van der Waals surface area (Å²) in [6, 6.07) is 12.2. The molecule has 0 saturated carbocycles. The van der Waals surface area contributed by atoms with E-state index in [9.17, 15) is 0 Å². The van der Waals surface area contributed by atoms with Crippen molar-refractivity contribution in [2.75, 3.05) is 0 Å². The minimum absolute atomic E-state index is 0.406. The number of rotatable bonds is 5. The van der Waals surface area contributed by atoms with Crippen molar-refractivity contribution in [2.24, 2.45) is 21.8 Å². The van der Waals surface area contributed by atoms with Gasteiger partial charge in [0, 0.05) is 22.2 Å². The quantitative estimate of drug-likeness (QED) is 0.443. The Morgan fingerprint density at radius 1 is 0.708 bits per heavy atom. The Hall–Kier alpha value is -1.52. The first-order valence-electron chi connectivity index (χ1n) is 8.11. The number of aliphatic imine (C=N–C) groups is 2. The monoisotopic (exact) mass is 356 g/mol. The Balaban J connectivity index is 2.35. The van der Waals surface area contributed by atoms with Crippen molar-refractivity contribution in [3.8, 4) is 11.1 Å². The average Bonchev–Trinajstić information content (AvgIpc) is 2.52. The molecule has 4 heteroatoms. The highest BCUT2D eigenvalue weighted by Gasteiger charge is 2.05. The fourth-order valence-electron chi connectivity index (χ4n) is 2.08. The molecule has 0 unspecified atom stereocenters. The molecule has 2 aromatic rings. The summed E-state index contributed by atoms with van der Waals surface area (Å²) in [5.74, 6) is 0.824. The number of hydrogen-bond donors (Lipinski definition) is 2. The second-order valence-corrected chi connectivity index (χ2v) is 7.41. The van der Waals surface area contributed by atoms with E-state index < -0.39 is 0 Å². The molecular formula is C20H24N2S2. The topological polar surface area (TPSA) is 24.7 Å². The molecule has 0 spiro atoms. The predicted octanol–water partition coefficient (Wildman–Crippen LogP) is 6.65. The van der Waals surface area contributed by atoms with Crippen molar-refractivity contribution in [1.82, 2.24) is 0 Å². The van der Waals surface area contributed by atoms with Crippen LogP contribution in [0.5, 0.6) is 0 Å². The normalized spacial score (nSPS) is 12.2. The van der Waals surface area contributed by atoms with E-state index >= 15 is 0 Å². The summed E-state index contributed by atoms with van der Waals surface area (Å²) in [6.07, 6.45) is 3.87. The van der Waals surface area contributed by atoms with Gasteiger partial charge in [-0.1, -0.05) is 39.8 Å². The molecule has 2 aromatic carbocycles. The van der Waals surface area contributed by atoms with Gasteiger partial charge in [0.2, 0.25) is 0 Å². The van der Waals surface area contributed by atoms with Crippen molar-refractivity contribution in [3.63, 3.8) is 0 Å². The molecule has 0 amide bonds. The highest BCUT2D eigenvalue weighted by atomic mass is 32.1. The van der Waals surface area contributed by atoms with Gasteiger partial charge in [-0.25, -0.2) is 0 Å². The van der Waals surface area contributed by atoms with Gasteiger partial charge >= 0.3 is 0 Å². The van der Waals surface area contributed by atoms with E-state index in [2.05, 4.69) is 81.1 Å². The largest absolute Gasteiger partial charge is 0.260 e. The molecule has 0 aliphatic rings. The lowest BCUT2D eigenvalue weighted by atomic mass is 10.0. The lowest BCUT2D eigenvalue weighted by Crippen LogP contribution is -1.87. The highest BCUT2D eigenvalue weighted by Crippen LogP contribution is 2.33. The van der Waals surface area contributed by atoms with Gasteiger partial charge in [-0.2, -0.15) is 0 Å². The van der Waals surface area contributed by atoms with Crippen molar-refractivity contribution in [1.29, 1.82) is 0 Å². The summed E-state index contributed by atoms with van der Waals surface area (Å²) < 4.78 is 0. The molecule has 0 N–H and O–H groups in total. The number of nitrogens with zero attached hydrogens (tertiary/aromatic N) is 2. The first-order valence-corrected chi connectivity index (χ1v) is 9.01. The standard InChI is InChI=1S/C20H24N2S2/c1-13(2)11-21-17-7-5-16(10-20(17)24)15-6-8-19(23)18(9-15)22-12-14(3)4/h5-14,23-24H,1-4H3. The summed E-state index contributed by atoms with van der Waals surface area (Å²) in [5, 5.41) is 0. The molecule has 0 aliphatic heterocycles. The Kier molecular flexibility index (Phi) is 6.69. The molecular weight excluding hydrogens is 332 g/mol. The lowest BCUT2D eigenvalue weighted by molar-refractivity contribution is 0.907. The zero-order chi connectivity index (χ0) is 17.7. The maximum Gasteiger partial charge on any atom is 0.0765 e. The molecule has 24 heavy (non-hydrogen) atoms. The van der Waals surface area contributed by atoms with E-state index in [-0.39, 0.29) is 0 Å². The van der Waals surface area contributed by atoms with E-state index in [0.717, 1.165) is 32.3 Å². The summed E-state index contributed by atoms with van der Waals surface area (Å²) >= 11 is 9.07. The molecule has 0 heterocycles. The minimum Gasteiger partial charge on any atom is -0.260 e. The van der Waals surface area contributed by atoms with Gasteiger partial charge in [-0.05, 0) is 47.2 Å². The Morgan fingerprint density at radius 2 is 1.25 bits per heavy atom. The third-order valence-electron chi connectivity index (χ3n) is 3.31. The summed E-state index contributed by atoms with van der Waals surface area (Å²) in [6.45, 7) is 8.42. The third-order valence-corrected chi connectivity index (χ3v) is 4.04. The fraction of sp³-hybridized carbons (Fsp3) is 0.300. The first-order chi connectivity index (χ1) is 11.4. The Labute approximate surface area is 156 Å². The summed E-state index contributed by atoms with van der Waals surface area (Å²) in [4.78, 5) is 10.8. The van der Waals surface area contributed by atoms with Crippen molar-refractivity contribution in [2.45, 2.75) is 37.5 Å². The second-order valence-electron chi connectivity index (χ2n) is 6.45. The molecule has 0 aromatic heterocycles. The van der Waals surface area contributed by atoms with Crippen LogP contribution < -0.4 is 0 Å². The fourth-order valence-corrected chi connectivity index (χ4v) is 2.55. The molecule has 126 valence electrons. The van der Waals surface area contributed by atoms with E-state index in [4.69, 9.17) is 0 Å². The molecule has 0 aliphatic carbocycles. The molecule has 0 fully saturated rings. The molecule has 0 atom stereocenters. The van der Waals surface area contributed by atoms with Crippen LogP contribution in [-0.4, -0.2) is 12.4 Å². The van der Waals surface area contributed by atoms with Gasteiger partial charge in [0.1, 0.15) is 0 Å². The van der Waals surface area contributed by atoms with Crippen LogP contribution in [-0.2, 0) is 0 Å². The van der Waals surface area contributed by atoms with Crippen molar-refractivity contribution < 1.29 is 0 Å². The molecule has 2 nitrogen and oxygen atoms in total.